The molecule has 5 heteroatoms. The van der Waals surface area contributed by atoms with E-state index in [1.807, 2.05) is 6.07 Å². The van der Waals surface area contributed by atoms with Crippen LogP contribution in [0.5, 0.6) is 5.75 Å². The summed E-state index contributed by atoms with van der Waals surface area (Å²) in [6.45, 7) is 0. The van der Waals surface area contributed by atoms with Crippen molar-refractivity contribution in [2.45, 2.75) is 6.42 Å². The van der Waals surface area contributed by atoms with Crippen LogP contribution in [0.3, 0.4) is 0 Å². The maximum Gasteiger partial charge on any atom is 0.168 e. The van der Waals surface area contributed by atoms with E-state index in [1.54, 1.807) is 18.2 Å². The molecule has 2 rings (SSSR count). The second-order valence-electron chi connectivity index (χ2n) is 4.19. The molecule has 2 aromatic rings. The van der Waals surface area contributed by atoms with Crippen LogP contribution in [0.15, 0.2) is 45.3 Å². The van der Waals surface area contributed by atoms with Crippen LogP contribution in [0.4, 0.5) is 4.39 Å². The molecule has 104 valence electrons. The predicted molar refractivity (Wildman–Crippen MR) is 82.8 cm³/mol. The first-order valence-electron chi connectivity index (χ1n) is 5.82. The number of hydrogen-bond donors (Lipinski definition) is 0. The van der Waals surface area contributed by atoms with Gasteiger partial charge in [0.25, 0.3) is 0 Å². The lowest BCUT2D eigenvalue weighted by molar-refractivity contribution is 0.0992. The normalized spacial score (nSPS) is 10.4. The second kappa shape index (κ2) is 6.50. The third-order valence-corrected chi connectivity index (χ3v) is 3.99. The van der Waals surface area contributed by atoms with Gasteiger partial charge in [-0.25, -0.2) is 4.39 Å². The number of methoxy groups -OCH3 is 1. The maximum absolute atomic E-state index is 13.6. The van der Waals surface area contributed by atoms with Gasteiger partial charge in [-0.05, 0) is 35.9 Å². The summed E-state index contributed by atoms with van der Waals surface area (Å²) in [5.41, 5.74) is 1.18. The van der Waals surface area contributed by atoms with Gasteiger partial charge in [0, 0.05) is 20.9 Å². The molecule has 2 nitrogen and oxygen atoms in total. The summed E-state index contributed by atoms with van der Waals surface area (Å²) < 4.78 is 20.0. The summed E-state index contributed by atoms with van der Waals surface area (Å²) in [5.74, 6) is -0.376. The Morgan fingerprint density at radius 2 is 1.95 bits per heavy atom. The number of hydrogen-bond acceptors (Lipinski definition) is 2. The van der Waals surface area contributed by atoms with E-state index in [0.717, 1.165) is 8.95 Å². The first-order valence-corrected chi connectivity index (χ1v) is 7.40. The van der Waals surface area contributed by atoms with Crippen molar-refractivity contribution in [2.24, 2.45) is 0 Å². The molecule has 0 spiro atoms. The highest BCUT2D eigenvalue weighted by Crippen LogP contribution is 2.24. The molecule has 0 fully saturated rings. The molecule has 0 bridgehead atoms. The lowest BCUT2D eigenvalue weighted by Crippen LogP contribution is -2.05. The fourth-order valence-electron chi connectivity index (χ4n) is 1.81. The average molecular weight is 402 g/mol. The first-order chi connectivity index (χ1) is 9.51. The summed E-state index contributed by atoms with van der Waals surface area (Å²) in [7, 11) is 1.40. The zero-order valence-electron chi connectivity index (χ0n) is 10.6. The van der Waals surface area contributed by atoms with Gasteiger partial charge in [0.05, 0.1) is 7.11 Å². The lowest BCUT2D eigenvalue weighted by atomic mass is 10.0. The monoisotopic (exact) mass is 400 g/mol. The number of ketones is 1. The van der Waals surface area contributed by atoms with Gasteiger partial charge >= 0.3 is 0 Å². The van der Waals surface area contributed by atoms with Gasteiger partial charge in [-0.1, -0.05) is 37.9 Å². The Morgan fingerprint density at radius 1 is 1.20 bits per heavy atom. The van der Waals surface area contributed by atoms with Gasteiger partial charge in [-0.2, -0.15) is 0 Å². The van der Waals surface area contributed by atoms with Crippen molar-refractivity contribution in [2.75, 3.05) is 7.11 Å². The van der Waals surface area contributed by atoms with E-state index < -0.39 is 5.82 Å². The van der Waals surface area contributed by atoms with Crippen LogP contribution in [0.1, 0.15) is 15.9 Å². The Kier molecular flexibility index (Phi) is 4.94. The fraction of sp³-hybridized carbons (Fsp3) is 0.133. The van der Waals surface area contributed by atoms with Crippen molar-refractivity contribution in [1.82, 2.24) is 0 Å². The van der Waals surface area contributed by atoms with Crippen LogP contribution >= 0.6 is 31.9 Å². The van der Waals surface area contributed by atoms with E-state index in [-0.39, 0.29) is 18.0 Å². The molecule has 0 heterocycles. The molecule has 0 saturated heterocycles. The van der Waals surface area contributed by atoms with Gasteiger partial charge in [-0.3, -0.25) is 4.79 Å². The van der Waals surface area contributed by atoms with Gasteiger partial charge < -0.3 is 4.74 Å². The van der Waals surface area contributed by atoms with Crippen LogP contribution in [0, 0.1) is 5.82 Å². The Balaban J connectivity index is 2.23. The Bertz CT molecular complexity index is 656. The quantitative estimate of drug-likeness (QED) is 0.688. The van der Waals surface area contributed by atoms with E-state index in [4.69, 9.17) is 4.74 Å². The molecule has 0 unspecified atom stereocenters. The van der Waals surface area contributed by atoms with E-state index in [9.17, 15) is 9.18 Å². The summed E-state index contributed by atoms with van der Waals surface area (Å²) in [4.78, 5) is 12.2. The molecule has 0 aliphatic carbocycles. The number of halogens is 3. The van der Waals surface area contributed by atoms with Crippen molar-refractivity contribution in [1.29, 1.82) is 0 Å². The topological polar surface area (TPSA) is 26.3 Å². The third kappa shape index (κ3) is 3.46. The maximum atomic E-state index is 13.6. The molecule has 20 heavy (non-hydrogen) atoms. The predicted octanol–water partition coefficient (Wildman–Crippen LogP) is 4.78. The number of carbonyl (C=O) groups is 1. The van der Waals surface area contributed by atoms with Crippen molar-refractivity contribution in [3.63, 3.8) is 0 Å². The molecule has 2 aromatic carbocycles. The highest BCUT2D eigenvalue weighted by atomic mass is 79.9. The average Bonchev–Trinajstić information content (AvgIpc) is 2.41. The molecule has 0 radical (unpaired) electrons. The molecule has 0 saturated carbocycles. The molecule has 0 N–H and O–H groups in total. The lowest BCUT2D eigenvalue weighted by Gasteiger charge is -2.07. The number of ether oxygens (including phenoxy) is 1. The summed E-state index contributed by atoms with van der Waals surface area (Å²) in [5, 5.41) is 0. The largest absolute Gasteiger partial charge is 0.494 e. The standard InChI is InChI=1S/C15H11Br2FO2/c1-20-15-5-2-9(6-13(15)18)7-14(19)11-8-10(16)3-4-12(11)17/h2-6,8H,7H2,1H3. The van der Waals surface area contributed by atoms with Gasteiger partial charge in [0.2, 0.25) is 0 Å². The molecule has 0 amide bonds. The SMILES string of the molecule is COc1ccc(CC(=O)c2cc(Br)ccc2Br)cc1F. The number of rotatable bonds is 4. The van der Waals surface area contributed by atoms with Gasteiger partial charge in [0.15, 0.2) is 17.3 Å². The number of carbonyl (C=O) groups excluding carboxylic acids is 1. The Labute approximate surface area is 133 Å². The van der Waals surface area contributed by atoms with E-state index in [0.29, 0.717) is 11.1 Å². The van der Waals surface area contributed by atoms with Crippen LogP contribution in [-0.4, -0.2) is 12.9 Å². The van der Waals surface area contributed by atoms with Gasteiger partial charge in [0.1, 0.15) is 0 Å². The van der Waals surface area contributed by atoms with E-state index in [2.05, 4.69) is 31.9 Å². The zero-order chi connectivity index (χ0) is 14.7. The highest BCUT2D eigenvalue weighted by Gasteiger charge is 2.13. The van der Waals surface area contributed by atoms with Crippen LogP contribution in [-0.2, 0) is 6.42 Å². The Hall–Kier alpha value is -1.20. The smallest absolute Gasteiger partial charge is 0.168 e. The third-order valence-electron chi connectivity index (χ3n) is 2.81. The minimum Gasteiger partial charge on any atom is -0.494 e. The van der Waals surface area contributed by atoms with E-state index in [1.165, 1.54) is 19.2 Å². The molecule has 0 aliphatic heterocycles. The minimum atomic E-state index is -0.467. The van der Waals surface area contributed by atoms with Crippen molar-refractivity contribution >= 4 is 37.6 Å². The Morgan fingerprint density at radius 3 is 2.60 bits per heavy atom. The van der Waals surface area contributed by atoms with Crippen molar-refractivity contribution in [3.05, 3.63) is 62.3 Å². The van der Waals surface area contributed by atoms with Crippen LogP contribution in [0.2, 0.25) is 0 Å². The minimum absolute atomic E-state index is 0.0808. The molecule has 0 aliphatic rings. The highest BCUT2D eigenvalue weighted by molar-refractivity contribution is 9.11. The zero-order valence-corrected chi connectivity index (χ0v) is 13.8. The number of benzene rings is 2. The molecular weight excluding hydrogens is 391 g/mol. The van der Waals surface area contributed by atoms with Gasteiger partial charge in [-0.15, -0.1) is 0 Å². The summed E-state index contributed by atoms with van der Waals surface area (Å²) in [6, 6.07) is 9.91. The van der Waals surface area contributed by atoms with Crippen molar-refractivity contribution < 1.29 is 13.9 Å². The molecule has 0 atom stereocenters. The fourth-order valence-corrected chi connectivity index (χ4v) is 2.64. The number of Topliss-reactive ketones (excluding diaryl/α,β-unsaturated/α-hetero) is 1. The summed E-state index contributed by atoms with van der Waals surface area (Å²) in [6.07, 6.45) is 0.135. The van der Waals surface area contributed by atoms with Crippen molar-refractivity contribution in [3.8, 4) is 5.75 Å². The van der Waals surface area contributed by atoms with Crippen LogP contribution in [0.25, 0.3) is 0 Å². The van der Waals surface area contributed by atoms with Crippen LogP contribution < -0.4 is 4.74 Å². The summed E-state index contributed by atoms with van der Waals surface area (Å²) >= 11 is 6.68. The first kappa shape index (κ1) is 15.2. The van der Waals surface area contributed by atoms with E-state index >= 15 is 0 Å². The second-order valence-corrected chi connectivity index (χ2v) is 5.96. The molecular formula is C15H11Br2FO2. The molecule has 0 aromatic heterocycles.